The number of thioether (sulfide) groups is 1. The Kier molecular flexibility index (Phi) is 5.76. The third-order valence-corrected chi connectivity index (χ3v) is 6.94. The largest absolute Gasteiger partial charge is 0.356 e. The molecule has 0 spiro atoms. The van der Waals surface area contributed by atoms with Gasteiger partial charge >= 0.3 is 0 Å². The van der Waals surface area contributed by atoms with Gasteiger partial charge in [-0.3, -0.25) is 14.2 Å². The van der Waals surface area contributed by atoms with Crippen LogP contribution in [0.2, 0.25) is 0 Å². The molecule has 1 atom stereocenters. The summed E-state index contributed by atoms with van der Waals surface area (Å²) in [6.07, 6.45) is 8.05. The highest BCUT2D eigenvalue weighted by molar-refractivity contribution is 7.99. The molecule has 0 saturated carbocycles. The normalized spacial score (nSPS) is 15.2. The number of fused-ring (bicyclic) bond motifs is 2. The predicted molar refractivity (Wildman–Crippen MR) is 127 cm³/mol. The van der Waals surface area contributed by atoms with E-state index in [4.69, 9.17) is 4.98 Å². The number of rotatable bonds is 7. The van der Waals surface area contributed by atoms with Crippen molar-refractivity contribution in [2.24, 2.45) is 0 Å². The summed E-state index contributed by atoms with van der Waals surface area (Å²) >= 11 is 1.51. The fraction of sp³-hybridized carbons (Fsp3) is 0.348. The number of hydrogen-bond donors (Lipinski definition) is 1. The summed E-state index contributed by atoms with van der Waals surface area (Å²) in [5.41, 5.74) is 3.55. The van der Waals surface area contributed by atoms with E-state index in [1.165, 1.54) is 17.3 Å². The highest BCUT2D eigenvalue weighted by Gasteiger charge is 2.29. The standard InChI is InChI=1S/C23H25N7O2S/c1-15-4-5-19(16(2)10-15)30-21-18(12-26-30)22(32)29-17(13-33-23(29)27-21)11-20(31)25-6-3-8-28-9-7-24-14-28/h4-5,7,9-10,12,14,17H,3,6,8,11,13H2,1-2H3,(H,25,31). The van der Waals surface area contributed by atoms with Crippen LogP contribution in [-0.4, -0.2) is 47.1 Å². The monoisotopic (exact) mass is 463 g/mol. The van der Waals surface area contributed by atoms with E-state index in [1.54, 1.807) is 28.0 Å². The van der Waals surface area contributed by atoms with Crippen molar-refractivity contribution in [2.75, 3.05) is 12.3 Å². The molecule has 1 N–H and O–H groups in total. The lowest BCUT2D eigenvalue weighted by atomic mass is 10.1. The van der Waals surface area contributed by atoms with Crippen molar-refractivity contribution >= 4 is 28.7 Å². The van der Waals surface area contributed by atoms with Crippen LogP contribution in [0.3, 0.4) is 0 Å². The minimum atomic E-state index is -0.215. The molecule has 5 rings (SSSR count). The maximum Gasteiger partial charge on any atom is 0.265 e. The van der Waals surface area contributed by atoms with E-state index in [9.17, 15) is 9.59 Å². The van der Waals surface area contributed by atoms with Crippen molar-refractivity contribution in [1.82, 2.24) is 34.2 Å². The third-order valence-electron chi connectivity index (χ3n) is 5.85. The Morgan fingerprint density at radius 1 is 1.30 bits per heavy atom. The number of nitrogens with one attached hydrogen (secondary N) is 1. The Labute approximate surface area is 194 Å². The zero-order valence-corrected chi connectivity index (χ0v) is 19.4. The first-order valence-corrected chi connectivity index (χ1v) is 11.9. The molecule has 1 aliphatic rings. The van der Waals surface area contributed by atoms with Crippen LogP contribution in [0.4, 0.5) is 0 Å². The van der Waals surface area contributed by atoms with Crippen LogP contribution in [0.15, 0.2) is 53.1 Å². The van der Waals surface area contributed by atoms with Crippen molar-refractivity contribution < 1.29 is 4.79 Å². The SMILES string of the molecule is Cc1ccc(-n2ncc3c(=O)n4c(nc32)SCC4CC(=O)NCCCn2ccnc2)c(C)c1. The van der Waals surface area contributed by atoms with Gasteiger partial charge in [0, 0.05) is 37.7 Å². The second-order valence-corrected chi connectivity index (χ2v) is 9.31. The van der Waals surface area contributed by atoms with Crippen LogP contribution in [0.1, 0.15) is 30.0 Å². The first-order valence-electron chi connectivity index (χ1n) is 10.9. The molecule has 1 amide bonds. The molecule has 10 heteroatoms. The molecule has 4 heterocycles. The van der Waals surface area contributed by atoms with Crippen LogP contribution in [0.25, 0.3) is 16.7 Å². The van der Waals surface area contributed by atoms with Gasteiger partial charge in [-0.05, 0) is 31.9 Å². The summed E-state index contributed by atoms with van der Waals surface area (Å²) in [7, 11) is 0. The molecule has 4 aromatic rings. The average molecular weight is 464 g/mol. The first kappa shape index (κ1) is 21.4. The molecular weight excluding hydrogens is 438 g/mol. The molecule has 0 radical (unpaired) electrons. The van der Waals surface area contributed by atoms with E-state index in [1.807, 2.05) is 36.7 Å². The topological polar surface area (TPSA) is 99.6 Å². The summed E-state index contributed by atoms with van der Waals surface area (Å²) in [6, 6.07) is 5.89. The molecule has 1 aliphatic heterocycles. The number of aromatic nitrogens is 6. The van der Waals surface area contributed by atoms with Gasteiger partial charge < -0.3 is 9.88 Å². The van der Waals surface area contributed by atoms with Crippen molar-refractivity contribution in [1.29, 1.82) is 0 Å². The van der Waals surface area contributed by atoms with Gasteiger partial charge in [0.2, 0.25) is 5.91 Å². The van der Waals surface area contributed by atoms with Crippen LogP contribution in [0.5, 0.6) is 0 Å². The first-order chi connectivity index (χ1) is 16.0. The van der Waals surface area contributed by atoms with Gasteiger partial charge in [-0.15, -0.1) is 0 Å². The molecule has 3 aromatic heterocycles. The highest BCUT2D eigenvalue weighted by Crippen LogP contribution is 2.33. The fourth-order valence-corrected chi connectivity index (χ4v) is 5.33. The number of aryl methyl sites for hydroxylation is 3. The Hall–Kier alpha value is -3.40. The van der Waals surface area contributed by atoms with Crippen molar-refractivity contribution in [3.63, 3.8) is 0 Å². The van der Waals surface area contributed by atoms with Gasteiger partial charge in [-0.25, -0.2) is 14.6 Å². The lowest BCUT2D eigenvalue weighted by Gasteiger charge is -2.14. The maximum absolute atomic E-state index is 13.3. The molecular formula is C23H25N7O2S. The van der Waals surface area contributed by atoms with Crippen molar-refractivity contribution in [3.05, 3.63) is 64.6 Å². The van der Waals surface area contributed by atoms with E-state index in [2.05, 4.69) is 21.5 Å². The minimum Gasteiger partial charge on any atom is -0.356 e. The molecule has 0 aliphatic carbocycles. The number of hydrogen-bond acceptors (Lipinski definition) is 6. The zero-order valence-electron chi connectivity index (χ0n) is 18.6. The molecule has 170 valence electrons. The Morgan fingerprint density at radius 2 is 2.18 bits per heavy atom. The average Bonchev–Trinajstić information content (AvgIpc) is 3.52. The summed E-state index contributed by atoms with van der Waals surface area (Å²) in [5.74, 6) is 0.589. The predicted octanol–water partition coefficient (Wildman–Crippen LogP) is 2.64. The van der Waals surface area contributed by atoms with Gasteiger partial charge in [-0.2, -0.15) is 5.10 Å². The van der Waals surface area contributed by atoms with Gasteiger partial charge in [0.15, 0.2) is 10.8 Å². The van der Waals surface area contributed by atoms with Crippen LogP contribution in [-0.2, 0) is 11.3 Å². The Morgan fingerprint density at radius 3 is 2.97 bits per heavy atom. The van der Waals surface area contributed by atoms with Crippen LogP contribution < -0.4 is 10.9 Å². The summed E-state index contributed by atoms with van der Waals surface area (Å²) in [5, 5.41) is 8.52. The Bertz CT molecular complexity index is 1370. The molecule has 0 saturated heterocycles. The van der Waals surface area contributed by atoms with Crippen molar-refractivity contribution in [3.8, 4) is 5.69 Å². The molecule has 1 unspecified atom stereocenters. The lowest BCUT2D eigenvalue weighted by molar-refractivity contribution is -0.121. The fourth-order valence-electron chi connectivity index (χ4n) is 4.19. The van der Waals surface area contributed by atoms with E-state index >= 15 is 0 Å². The second kappa shape index (κ2) is 8.86. The van der Waals surface area contributed by atoms with Gasteiger partial charge in [-0.1, -0.05) is 29.5 Å². The van der Waals surface area contributed by atoms with E-state index < -0.39 is 0 Å². The number of carbonyl (C=O) groups is 1. The molecule has 0 fully saturated rings. The van der Waals surface area contributed by atoms with Crippen molar-refractivity contribution in [2.45, 2.75) is 44.4 Å². The molecule has 33 heavy (non-hydrogen) atoms. The summed E-state index contributed by atoms with van der Waals surface area (Å²) in [4.78, 5) is 34.6. The molecule has 1 aromatic carbocycles. The maximum atomic E-state index is 13.3. The van der Waals surface area contributed by atoms with E-state index in [0.29, 0.717) is 28.5 Å². The second-order valence-electron chi connectivity index (χ2n) is 8.33. The number of benzene rings is 1. The van der Waals surface area contributed by atoms with Gasteiger partial charge in [0.1, 0.15) is 5.39 Å². The molecule has 9 nitrogen and oxygen atoms in total. The van der Waals surface area contributed by atoms with Gasteiger partial charge in [0.05, 0.1) is 24.3 Å². The Balaban J connectivity index is 1.32. The third kappa shape index (κ3) is 4.18. The zero-order chi connectivity index (χ0) is 22.9. The number of amides is 1. The minimum absolute atomic E-state index is 0.0583. The number of carbonyl (C=O) groups excluding carboxylic acids is 1. The van der Waals surface area contributed by atoms with E-state index in [0.717, 1.165) is 24.2 Å². The van der Waals surface area contributed by atoms with Crippen LogP contribution >= 0.6 is 11.8 Å². The quantitative estimate of drug-likeness (QED) is 0.334. The highest BCUT2D eigenvalue weighted by atomic mass is 32.2. The van der Waals surface area contributed by atoms with Crippen LogP contribution in [0, 0.1) is 13.8 Å². The number of nitrogens with zero attached hydrogens (tertiary/aromatic N) is 6. The summed E-state index contributed by atoms with van der Waals surface area (Å²) in [6.45, 7) is 5.45. The van der Waals surface area contributed by atoms with E-state index in [-0.39, 0.29) is 23.9 Å². The summed E-state index contributed by atoms with van der Waals surface area (Å²) < 4.78 is 5.37. The van der Waals surface area contributed by atoms with Gasteiger partial charge in [0.25, 0.3) is 5.56 Å². The number of imidazole rings is 1. The smallest absolute Gasteiger partial charge is 0.265 e. The lowest BCUT2D eigenvalue weighted by Crippen LogP contribution is -2.31. The molecule has 0 bridgehead atoms.